The molecule has 1 aromatic heterocycles. The lowest BCUT2D eigenvalue weighted by Gasteiger charge is -2.09. The molecule has 1 N–H and O–H groups in total. The third kappa shape index (κ3) is 4.40. The van der Waals surface area contributed by atoms with Gasteiger partial charge in [-0.2, -0.15) is 0 Å². The van der Waals surface area contributed by atoms with Gasteiger partial charge in [-0.15, -0.1) is 0 Å². The summed E-state index contributed by atoms with van der Waals surface area (Å²) in [5.41, 5.74) is 7.47. The van der Waals surface area contributed by atoms with E-state index in [1.54, 1.807) is 0 Å². The Bertz CT molecular complexity index is 1420. The molecule has 0 radical (unpaired) electrons. The van der Waals surface area contributed by atoms with Crippen LogP contribution in [-0.4, -0.2) is 23.9 Å². The minimum atomic E-state index is 0.722. The van der Waals surface area contributed by atoms with Gasteiger partial charge in [0.2, 0.25) is 0 Å². The van der Waals surface area contributed by atoms with E-state index in [1.807, 2.05) is 0 Å². The van der Waals surface area contributed by atoms with Crippen molar-refractivity contribution in [1.29, 1.82) is 0 Å². The first-order chi connectivity index (χ1) is 16.2. The molecule has 0 atom stereocenters. The van der Waals surface area contributed by atoms with Crippen LogP contribution in [0.25, 0.3) is 21.7 Å². The number of fused-ring (bicyclic) bond motifs is 2. The molecule has 0 aliphatic heterocycles. The molecule has 0 saturated heterocycles. The summed E-state index contributed by atoms with van der Waals surface area (Å²) >= 11 is 0. The van der Waals surface area contributed by atoms with Crippen molar-refractivity contribution in [3.8, 4) is 0 Å². The number of benzene rings is 4. The summed E-state index contributed by atoms with van der Waals surface area (Å²) in [5, 5.41) is 7.33. The Morgan fingerprint density at radius 2 is 1.61 bits per heavy atom. The molecule has 5 aromatic rings. The van der Waals surface area contributed by atoms with Gasteiger partial charge < -0.3 is 9.88 Å². The molecular weight excluding hydrogens is 402 g/mol. The molecule has 0 bridgehead atoms. The van der Waals surface area contributed by atoms with Crippen LogP contribution in [0.15, 0.2) is 96.0 Å². The summed E-state index contributed by atoms with van der Waals surface area (Å²) in [6.07, 6.45) is 2.06. The molecule has 1 heterocycles. The lowest BCUT2D eigenvalue weighted by atomic mass is 10.1. The third-order valence-corrected chi connectivity index (χ3v) is 6.28. The maximum absolute atomic E-state index is 4.80. The maximum atomic E-state index is 4.80. The molecule has 0 saturated carbocycles. The van der Waals surface area contributed by atoms with Gasteiger partial charge in [-0.05, 0) is 43.0 Å². The van der Waals surface area contributed by atoms with Crippen LogP contribution in [0.2, 0.25) is 0 Å². The number of aromatic nitrogens is 1. The molecule has 3 heteroatoms. The number of hydrogen-bond donors (Lipinski definition) is 1. The predicted octanol–water partition coefficient (Wildman–Crippen LogP) is 6.99. The standard InChI is InChI=1S/C30H29N3/c1-22-15-16-30-27(19-22)28(23(2)33(30)21-24-9-4-3-5-10-24)20-31-17-18-32-29-14-8-12-25-11-6-7-13-26(25)29/h3-16,19-20,32H,17-18,21H2,1-2H3. The number of nitrogens with zero attached hydrogens (tertiary/aromatic N) is 2. The van der Waals surface area contributed by atoms with E-state index in [-0.39, 0.29) is 0 Å². The molecule has 0 aliphatic carbocycles. The summed E-state index contributed by atoms with van der Waals surface area (Å²) in [5.74, 6) is 0. The minimum absolute atomic E-state index is 0.722. The largest absolute Gasteiger partial charge is 0.383 e. The van der Waals surface area contributed by atoms with Crippen molar-refractivity contribution in [3.05, 3.63) is 113 Å². The highest BCUT2D eigenvalue weighted by Crippen LogP contribution is 2.27. The van der Waals surface area contributed by atoms with Crippen molar-refractivity contribution < 1.29 is 0 Å². The van der Waals surface area contributed by atoms with Crippen LogP contribution in [0, 0.1) is 13.8 Å². The second-order valence-corrected chi connectivity index (χ2v) is 8.58. The summed E-state index contributed by atoms with van der Waals surface area (Å²) in [6, 6.07) is 32.2. The first-order valence-corrected chi connectivity index (χ1v) is 11.6. The molecule has 33 heavy (non-hydrogen) atoms. The first kappa shape index (κ1) is 21.0. The van der Waals surface area contributed by atoms with Gasteiger partial charge in [0.25, 0.3) is 0 Å². The second-order valence-electron chi connectivity index (χ2n) is 8.58. The molecule has 164 valence electrons. The van der Waals surface area contributed by atoms with E-state index in [2.05, 4.69) is 121 Å². The van der Waals surface area contributed by atoms with Gasteiger partial charge in [0.15, 0.2) is 0 Å². The molecule has 0 unspecified atom stereocenters. The number of aryl methyl sites for hydroxylation is 1. The summed E-state index contributed by atoms with van der Waals surface area (Å²) in [4.78, 5) is 4.80. The first-order valence-electron chi connectivity index (χ1n) is 11.6. The average molecular weight is 432 g/mol. The molecule has 0 spiro atoms. The Labute approximate surface area is 195 Å². The minimum Gasteiger partial charge on any atom is -0.383 e. The molecule has 0 fully saturated rings. The Kier molecular flexibility index (Phi) is 5.95. The lowest BCUT2D eigenvalue weighted by Crippen LogP contribution is -2.05. The molecule has 4 aromatic carbocycles. The van der Waals surface area contributed by atoms with Gasteiger partial charge in [0, 0.05) is 52.5 Å². The predicted molar refractivity (Wildman–Crippen MR) is 142 cm³/mol. The molecule has 5 rings (SSSR count). The van der Waals surface area contributed by atoms with Gasteiger partial charge in [-0.25, -0.2) is 0 Å². The van der Waals surface area contributed by atoms with Crippen molar-refractivity contribution in [2.24, 2.45) is 4.99 Å². The monoisotopic (exact) mass is 431 g/mol. The number of nitrogens with one attached hydrogen (secondary N) is 1. The quantitative estimate of drug-likeness (QED) is 0.218. The Morgan fingerprint density at radius 3 is 2.48 bits per heavy atom. The van der Waals surface area contributed by atoms with E-state index in [4.69, 9.17) is 4.99 Å². The average Bonchev–Trinajstić information content (AvgIpc) is 3.09. The zero-order valence-electron chi connectivity index (χ0n) is 19.3. The van der Waals surface area contributed by atoms with Crippen molar-refractivity contribution in [2.75, 3.05) is 18.4 Å². The highest BCUT2D eigenvalue weighted by Gasteiger charge is 2.13. The van der Waals surface area contributed by atoms with Gasteiger partial charge >= 0.3 is 0 Å². The van der Waals surface area contributed by atoms with Gasteiger partial charge in [0.1, 0.15) is 0 Å². The Balaban J connectivity index is 1.36. The molecule has 0 amide bonds. The highest BCUT2D eigenvalue weighted by molar-refractivity contribution is 6.01. The molecular formula is C30H29N3. The van der Waals surface area contributed by atoms with Crippen molar-refractivity contribution in [1.82, 2.24) is 4.57 Å². The van der Waals surface area contributed by atoms with Crippen LogP contribution >= 0.6 is 0 Å². The summed E-state index contributed by atoms with van der Waals surface area (Å²) in [6.45, 7) is 6.74. The van der Waals surface area contributed by atoms with Gasteiger partial charge in [0.05, 0.1) is 6.54 Å². The van der Waals surface area contributed by atoms with E-state index in [0.29, 0.717) is 0 Å². The fourth-order valence-electron chi connectivity index (χ4n) is 4.55. The number of aliphatic imine (C=N–C) groups is 1. The zero-order chi connectivity index (χ0) is 22.6. The van der Waals surface area contributed by atoms with Crippen LogP contribution in [0.1, 0.15) is 22.4 Å². The smallest absolute Gasteiger partial charge is 0.0562 e. The zero-order valence-corrected chi connectivity index (χ0v) is 19.3. The van der Waals surface area contributed by atoms with Crippen LogP contribution in [0.3, 0.4) is 0 Å². The Morgan fingerprint density at radius 1 is 0.818 bits per heavy atom. The van der Waals surface area contributed by atoms with Crippen molar-refractivity contribution in [3.63, 3.8) is 0 Å². The van der Waals surface area contributed by atoms with Crippen LogP contribution < -0.4 is 5.32 Å². The van der Waals surface area contributed by atoms with Crippen LogP contribution in [-0.2, 0) is 6.54 Å². The maximum Gasteiger partial charge on any atom is 0.0562 e. The fourth-order valence-corrected chi connectivity index (χ4v) is 4.55. The second kappa shape index (κ2) is 9.33. The van der Waals surface area contributed by atoms with E-state index < -0.39 is 0 Å². The number of anilines is 1. The molecule has 0 aliphatic rings. The van der Waals surface area contributed by atoms with E-state index in [0.717, 1.165) is 25.3 Å². The number of rotatable bonds is 7. The Hall–Kier alpha value is -3.85. The van der Waals surface area contributed by atoms with Crippen LogP contribution in [0.5, 0.6) is 0 Å². The number of hydrogen-bond acceptors (Lipinski definition) is 2. The summed E-state index contributed by atoms with van der Waals surface area (Å²) in [7, 11) is 0. The fraction of sp³-hybridized carbons (Fsp3) is 0.167. The molecule has 3 nitrogen and oxygen atoms in total. The van der Waals surface area contributed by atoms with E-state index in [1.165, 1.54) is 44.1 Å². The summed E-state index contributed by atoms with van der Waals surface area (Å²) < 4.78 is 2.40. The van der Waals surface area contributed by atoms with Crippen LogP contribution in [0.4, 0.5) is 5.69 Å². The third-order valence-electron chi connectivity index (χ3n) is 6.28. The van der Waals surface area contributed by atoms with Gasteiger partial charge in [-0.3, -0.25) is 4.99 Å². The highest BCUT2D eigenvalue weighted by atomic mass is 15.0. The van der Waals surface area contributed by atoms with E-state index >= 15 is 0 Å². The lowest BCUT2D eigenvalue weighted by molar-refractivity contribution is 0.804. The van der Waals surface area contributed by atoms with E-state index in [9.17, 15) is 0 Å². The van der Waals surface area contributed by atoms with Gasteiger partial charge in [-0.1, -0.05) is 78.4 Å². The van der Waals surface area contributed by atoms with Crippen molar-refractivity contribution in [2.45, 2.75) is 20.4 Å². The van der Waals surface area contributed by atoms with Crippen molar-refractivity contribution >= 4 is 33.6 Å². The topological polar surface area (TPSA) is 29.3 Å². The SMILES string of the molecule is Cc1ccc2c(c1)c(C=NCCNc1cccc3ccccc13)c(C)n2Cc1ccccc1. The normalized spacial score (nSPS) is 11.6.